The van der Waals surface area contributed by atoms with Gasteiger partial charge in [0.25, 0.3) is 0 Å². The molecule has 0 unspecified atom stereocenters. The number of nitrogens with zero attached hydrogens (tertiary/aromatic N) is 2. The maximum atomic E-state index is 5.54. The summed E-state index contributed by atoms with van der Waals surface area (Å²) in [6.07, 6.45) is 2.91. The molecule has 0 aliphatic heterocycles. The lowest BCUT2D eigenvalue weighted by molar-refractivity contribution is 0.132. The van der Waals surface area contributed by atoms with Gasteiger partial charge in [0, 0.05) is 32.0 Å². The number of aromatic nitrogens is 2. The summed E-state index contributed by atoms with van der Waals surface area (Å²) in [7, 11) is 1.81. The fourth-order valence-corrected chi connectivity index (χ4v) is 1.40. The first-order valence-corrected chi connectivity index (χ1v) is 6.46. The molecule has 0 bridgehead atoms. The molecule has 0 amide bonds. The van der Waals surface area contributed by atoms with Crippen molar-refractivity contribution in [3.8, 4) is 0 Å². The topological polar surface area (TPSA) is 59.1 Å². The number of anilines is 2. The zero-order valence-electron chi connectivity index (χ0n) is 11.8. The first-order chi connectivity index (χ1) is 8.63. The SMILES string of the molecule is CNc1ncc(C)c(NCCOCCC(C)C)n1. The first-order valence-electron chi connectivity index (χ1n) is 6.46. The number of rotatable bonds is 8. The Kier molecular flexibility index (Phi) is 6.43. The average Bonchev–Trinajstić information content (AvgIpc) is 2.35. The summed E-state index contributed by atoms with van der Waals surface area (Å²) in [6.45, 7) is 8.67. The van der Waals surface area contributed by atoms with Crippen molar-refractivity contribution in [1.82, 2.24) is 9.97 Å². The lowest BCUT2D eigenvalue weighted by Gasteiger charge is -2.10. The standard InChI is InChI=1S/C13H24N4O/c1-10(2)5-7-18-8-6-15-12-11(3)9-16-13(14-4)17-12/h9-10H,5-8H2,1-4H3,(H2,14,15,16,17). The summed E-state index contributed by atoms with van der Waals surface area (Å²) < 4.78 is 5.54. The molecule has 1 aromatic rings. The Hall–Kier alpha value is -1.36. The van der Waals surface area contributed by atoms with E-state index in [1.165, 1.54) is 0 Å². The molecule has 1 rings (SSSR count). The minimum atomic E-state index is 0.629. The average molecular weight is 252 g/mol. The van der Waals surface area contributed by atoms with Crippen LogP contribution in [0.15, 0.2) is 6.20 Å². The monoisotopic (exact) mass is 252 g/mol. The molecule has 0 atom stereocenters. The van der Waals surface area contributed by atoms with Crippen LogP contribution in [0, 0.1) is 12.8 Å². The second-order valence-electron chi connectivity index (χ2n) is 4.70. The Morgan fingerprint density at radius 3 is 2.78 bits per heavy atom. The molecule has 0 saturated heterocycles. The third-order valence-corrected chi connectivity index (χ3v) is 2.57. The van der Waals surface area contributed by atoms with Gasteiger partial charge < -0.3 is 15.4 Å². The van der Waals surface area contributed by atoms with Crippen molar-refractivity contribution in [1.29, 1.82) is 0 Å². The Bertz CT molecular complexity index is 355. The molecule has 1 aromatic heterocycles. The minimum absolute atomic E-state index is 0.629. The molecular formula is C13H24N4O. The molecule has 102 valence electrons. The van der Waals surface area contributed by atoms with Crippen molar-refractivity contribution in [2.24, 2.45) is 5.92 Å². The highest BCUT2D eigenvalue weighted by atomic mass is 16.5. The number of hydrogen-bond donors (Lipinski definition) is 2. The molecule has 0 fully saturated rings. The zero-order valence-corrected chi connectivity index (χ0v) is 11.8. The van der Waals surface area contributed by atoms with Crippen LogP contribution in [0.5, 0.6) is 0 Å². The predicted molar refractivity (Wildman–Crippen MR) is 75.1 cm³/mol. The molecule has 0 spiro atoms. The van der Waals surface area contributed by atoms with Crippen LogP contribution in [0.4, 0.5) is 11.8 Å². The smallest absolute Gasteiger partial charge is 0.224 e. The Morgan fingerprint density at radius 1 is 1.33 bits per heavy atom. The second-order valence-corrected chi connectivity index (χ2v) is 4.70. The molecule has 0 saturated carbocycles. The van der Waals surface area contributed by atoms with Crippen LogP contribution in [-0.2, 0) is 4.74 Å². The van der Waals surface area contributed by atoms with E-state index in [9.17, 15) is 0 Å². The van der Waals surface area contributed by atoms with E-state index in [2.05, 4.69) is 34.4 Å². The maximum absolute atomic E-state index is 5.54. The van der Waals surface area contributed by atoms with Crippen LogP contribution in [0.1, 0.15) is 25.8 Å². The zero-order chi connectivity index (χ0) is 13.4. The van der Waals surface area contributed by atoms with Gasteiger partial charge in [0.2, 0.25) is 5.95 Å². The lowest BCUT2D eigenvalue weighted by Crippen LogP contribution is -2.13. The van der Waals surface area contributed by atoms with Crippen molar-refractivity contribution < 1.29 is 4.74 Å². The molecule has 2 N–H and O–H groups in total. The molecule has 5 nitrogen and oxygen atoms in total. The van der Waals surface area contributed by atoms with E-state index in [-0.39, 0.29) is 0 Å². The number of aryl methyl sites for hydroxylation is 1. The van der Waals surface area contributed by atoms with Crippen molar-refractivity contribution in [3.05, 3.63) is 11.8 Å². The Balaban J connectivity index is 2.26. The van der Waals surface area contributed by atoms with Gasteiger partial charge in [-0.2, -0.15) is 4.98 Å². The van der Waals surface area contributed by atoms with Crippen molar-refractivity contribution in [2.75, 3.05) is 37.4 Å². The summed E-state index contributed by atoms with van der Waals surface area (Å²) in [4.78, 5) is 8.49. The Labute approximate surface area is 109 Å². The molecular weight excluding hydrogens is 228 g/mol. The van der Waals surface area contributed by atoms with Crippen LogP contribution in [-0.4, -0.2) is 36.8 Å². The summed E-state index contributed by atoms with van der Waals surface area (Å²) in [5.74, 6) is 2.19. The molecule has 1 heterocycles. The van der Waals surface area contributed by atoms with Crippen LogP contribution in [0.3, 0.4) is 0 Å². The van der Waals surface area contributed by atoms with Crippen molar-refractivity contribution in [3.63, 3.8) is 0 Å². The maximum Gasteiger partial charge on any atom is 0.224 e. The van der Waals surface area contributed by atoms with E-state index in [0.29, 0.717) is 18.5 Å². The number of nitrogens with one attached hydrogen (secondary N) is 2. The normalized spacial score (nSPS) is 10.7. The number of ether oxygens (including phenoxy) is 1. The van der Waals surface area contributed by atoms with Crippen molar-refractivity contribution in [2.45, 2.75) is 27.2 Å². The molecule has 5 heteroatoms. The van der Waals surface area contributed by atoms with Gasteiger partial charge in [-0.3, -0.25) is 0 Å². The van der Waals surface area contributed by atoms with Gasteiger partial charge in [-0.15, -0.1) is 0 Å². The van der Waals surface area contributed by atoms with Gasteiger partial charge in [-0.05, 0) is 19.3 Å². The quantitative estimate of drug-likeness (QED) is 0.695. The summed E-state index contributed by atoms with van der Waals surface area (Å²) in [5.41, 5.74) is 1.04. The van der Waals surface area contributed by atoms with E-state index >= 15 is 0 Å². The van der Waals surface area contributed by atoms with E-state index in [1.54, 1.807) is 6.20 Å². The van der Waals surface area contributed by atoms with Crippen LogP contribution < -0.4 is 10.6 Å². The van der Waals surface area contributed by atoms with E-state index < -0.39 is 0 Å². The van der Waals surface area contributed by atoms with Gasteiger partial charge >= 0.3 is 0 Å². The summed E-state index contributed by atoms with van der Waals surface area (Å²) >= 11 is 0. The van der Waals surface area contributed by atoms with Crippen LogP contribution in [0.25, 0.3) is 0 Å². The van der Waals surface area contributed by atoms with Gasteiger partial charge in [0.1, 0.15) is 5.82 Å². The summed E-state index contributed by atoms with van der Waals surface area (Å²) in [5, 5.41) is 6.18. The highest BCUT2D eigenvalue weighted by molar-refractivity contribution is 5.46. The van der Waals surface area contributed by atoms with E-state index in [1.807, 2.05) is 14.0 Å². The van der Waals surface area contributed by atoms with Crippen molar-refractivity contribution >= 4 is 11.8 Å². The van der Waals surface area contributed by atoms with Gasteiger partial charge in [0.05, 0.1) is 6.61 Å². The largest absolute Gasteiger partial charge is 0.380 e. The van der Waals surface area contributed by atoms with Gasteiger partial charge in [-0.1, -0.05) is 13.8 Å². The van der Waals surface area contributed by atoms with Gasteiger partial charge in [-0.25, -0.2) is 4.98 Å². The number of hydrogen-bond acceptors (Lipinski definition) is 5. The van der Waals surface area contributed by atoms with Gasteiger partial charge in [0.15, 0.2) is 0 Å². The second kappa shape index (κ2) is 7.87. The van der Waals surface area contributed by atoms with E-state index in [4.69, 9.17) is 4.74 Å². The van der Waals surface area contributed by atoms with E-state index in [0.717, 1.165) is 31.0 Å². The minimum Gasteiger partial charge on any atom is -0.380 e. The van der Waals surface area contributed by atoms with Crippen LogP contribution >= 0.6 is 0 Å². The predicted octanol–water partition coefficient (Wildman–Crippen LogP) is 2.30. The molecule has 0 aliphatic rings. The highest BCUT2D eigenvalue weighted by Crippen LogP contribution is 2.11. The molecule has 0 aromatic carbocycles. The fourth-order valence-electron chi connectivity index (χ4n) is 1.40. The first kappa shape index (κ1) is 14.7. The lowest BCUT2D eigenvalue weighted by atomic mass is 10.1. The molecule has 0 aliphatic carbocycles. The highest BCUT2D eigenvalue weighted by Gasteiger charge is 2.01. The fraction of sp³-hybridized carbons (Fsp3) is 0.692. The summed E-state index contributed by atoms with van der Waals surface area (Å²) in [6, 6.07) is 0. The van der Waals surface area contributed by atoms with Crippen LogP contribution in [0.2, 0.25) is 0 Å². The third kappa shape index (κ3) is 5.31. The third-order valence-electron chi connectivity index (χ3n) is 2.57. The molecule has 18 heavy (non-hydrogen) atoms. The molecule has 0 radical (unpaired) electrons. The Morgan fingerprint density at radius 2 is 2.11 bits per heavy atom.